The third kappa shape index (κ3) is 6.51. The first-order chi connectivity index (χ1) is 19.8. The van der Waals surface area contributed by atoms with Crippen molar-refractivity contribution in [2.75, 3.05) is 18.6 Å². The summed E-state index contributed by atoms with van der Waals surface area (Å²) in [6.45, 7) is -4.58. The van der Waals surface area contributed by atoms with Crippen LogP contribution in [0.25, 0.3) is 0 Å². The molecule has 2 aromatic carbocycles. The van der Waals surface area contributed by atoms with Crippen LogP contribution in [-0.4, -0.2) is 60.1 Å². The van der Waals surface area contributed by atoms with E-state index in [0.29, 0.717) is 4.57 Å². The van der Waals surface area contributed by atoms with Gasteiger partial charge in [0.2, 0.25) is 5.91 Å². The van der Waals surface area contributed by atoms with Crippen molar-refractivity contribution < 1.29 is 50.5 Å². The third-order valence-corrected chi connectivity index (χ3v) is 6.59. The Hall–Kier alpha value is -4.53. The lowest BCUT2D eigenvalue weighted by molar-refractivity contribution is -0.207. The van der Waals surface area contributed by atoms with Crippen LogP contribution in [0.4, 0.5) is 32.0 Å². The maximum absolute atomic E-state index is 15.1. The Labute approximate surface area is 233 Å². The second-order valence-corrected chi connectivity index (χ2v) is 9.21. The van der Waals surface area contributed by atoms with E-state index in [1.807, 2.05) is 0 Å². The van der Waals surface area contributed by atoms with Gasteiger partial charge in [0, 0.05) is 30.3 Å². The molecule has 9 nitrogen and oxygen atoms in total. The van der Waals surface area contributed by atoms with Gasteiger partial charge in [-0.1, -0.05) is 6.07 Å². The van der Waals surface area contributed by atoms with Crippen LogP contribution < -0.4 is 25.2 Å². The smallest absolute Gasteiger partial charge is 0.416 e. The van der Waals surface area contributed by atoms with E-state index >= 15 is 4.39 Å². The van der Waals surface area contributed by atoms with Gasteiger partial charge < -0.3 is 29.4 Å². The van der Waals surface area contributed by atoms with Crippen molar-refractivity contribution in [1.29, 1.82) is 0 Å². The summed E-state index contributed by atoms with van der Waals surface area (Å²) >= 11 is 0. The molecule has 0 saturated carbocycles. The van der Waals surface area contributed by atoms with Gasteiger partial charge in [0.15, 0.2) is 6.10 Å². The number of nitrogens with one attached hydrogen (secondary N) is 1. The van der Waals surface area contributed by atoms with E-state index in [1.54, 1.807) is 0 Å². The van der Waals surface area contributed by atoms with Crippen molar-refractivity contribution in [2.45, 2.75) is 37.4 Å². The summed E-state index contributed by atoms with van der Waals surface area (Å²) in [7, 11) is 1.31. The predicted octanol–water partition coefficient (Wildman–Crippen LogP) is 3.45. The lowest BCUT2D eigenvalue weighted by atomic mass is 9.93. The largest absolute Gasteiger partial charge is 0.497 e. The molecule has 1 aromatic heterocycles. The van der Waals surface area contributed by atoms with Crippen molar-refractivity contribution in [1.82, 2.24) is 9.88 Å². The lowest BCUT2D eigenvalue weighted by Gasteiger charge is -2.20. The first-order valence-electron chi connectivity index (χ1n) is 12.2. The molecule has 15 heteroatoms. The summed E-state index contributed by atoms with van der Waals surface area (Å²) in [6.07, 6.45) is -6.86. The van der Waals surface area contributed by atoms with Gasteiger partial charge in [-0.2, -0.15) is 22.0 Å². The molecule has 1 aliphatic heterocycles. The van der Waals surface area contributed by atoms with Gasteiger partial charge in [-0.25, -0.2) is 4.39 Å². The molecule has 0 aliphatic carbocycles. The van der Waals surface area contributed by atoms with Gasteiger partial charge in [-0.15, -0.1) is 0 Å². The van der Waals surface area contributed by atoms with Crippen molar-refractivity contribution in [3.8, 4) is 11.5 Å². The highest BCUT2D eigenvalue weighted by Crippen LogP contribution is 2.34. The zero-order chi connectivity index (χ0) is 30.8. The van der Waals surface area contributed by atoms with E-state index in [9.17, 15) is 41.4 Å². The van der Waals surface area contributed by atoms with Crippen LogP contribution in [0.15, 0.2) is 65.6 Å². The number of carbonyl (C=O) groups is 2. The highest BCUT2D eigenvalue weighted by molar-refractivity contribution is 6.05. The van der Waals surface area contributed by atoms with E-state index in [-0.39, 0.29) is 34.9 Å². The number of ether oxygens (including phenoxy) is 2. The van der Waals surface area contributed by atoms with Crippen molar-refractivity contribution in [3.05, 3.63) is 88.1 Å². The zero-order valence-corrected chi connectivity index (χ0v) is 21.6. The summed E-state index contributed by atoms with van der Waals surface area (Å²) in [5.74, 6) is -3.63. The average Bonchev–Trinajstić information content (AvgIpc) is 3.24. The van der Waals surface area contributed by atoms with Crippen LogP contribution >= 0.6 is 0 Å². The molecule has 3 aromatic rings. The summed E-state index contributed by atoms with van der Waals surface area (Å²) < 4.78 is 88.6. The number of hydrogen-bond donors (Lipinski definition) is 2. The average molecular weight is 599 g/mol. The molecule has 1 unspecified atom stereocenters. The number of amides is 2. The molecule has 1 aliphatic rings. The van der Waals surface area contributed by atoms with Crippen molar-refractivity contribution >= 4 is 17.5 Å². The van der Waals surface area contributed by atoms with Crippen LogP contribution in [0.3, 0.4) is 0 Å². The molecule has 1 fully saturated rings. The normalized spacial score (nSPS) is 17.8. The molecule has 224 valence electrons. The number of anilines is 1. The summed E-state index contributed by atoms with van der Waals surface area (Å²) in [6, 6.07) is 9.25. The molecule has 2 heterocycles. The second-order valence-electron chi connectivity index (χ2n) is 9.21. The quantitative estimate of drug-likeness (QED) is 0.365. The molecule has 42 heavy (non-hydrogen) atoms. The van der Waals surface area contributed by atoms with Crippen molar-refractivity contribution in [2.24, 2.45) is 0 Å². The van der Waals surface area contributed by atoms with E-state index < -0.39 is 60.6 Å². The monoisotopic (exact) mass is 599 g/mol. The minimum absolute atomic E-state index is 0.0265. The maximum atomic E-state index is 15.1. The van der Waals surface area contributed by atoms with Gasteiger partial charge in [-0.05, 0) is 48.0 Å². The number of methoxy groups -OCH3 is 1. The summed E-state index contributed by atoms with van der Waals surface area (Å²) in [4.78, 5) is 40.6. The zero-order valence-electron chi connectivity index (χ0n) is 21.6. The van der Waals surface area contributed by atoms with Gasteiger partial charge >= 0.3 is 12.8 Å². The van der Waals surface area contributed by atoms with Gasteiger partial charge in [-0.3, -0.25) is 14.4 Å². The Morgan fingerprint density at radius 3 is 2.36 bits per heavy atom. The van der Waals surface area contributed by atoms with Crippen LogP contribution in [0.5, 0.6) is 11.5 Å². The SMILES string of the molecule is COc1ccc([C@@H]2CN(c3cccn(CC(O)C(F)(F)F)c3=O)C(=O)[C@H]2NC(=O)c2ccc(OC(F)F)cc2)c(F)c1. The number of hydrogen-bond acceptors (Lipinski definition) is 6. The molecule has 2 amide bonds. The van der Waals surface area contributed by atoms with Crippen LogP contribution in [0.2, 0.25) is 0 Å². The van der Waals surface area contributed by atoms with Crippen LogP contribution in [-0.2, 0) is 11.3 Å². The molecule has 0 radical (unpaired) electrons. The highest BCUT2D eigenvalue weighted by Gasteiger charge is 2.45. The van der Waals surface area contributed by atoms with E-state index in [2.05, 4.69) is 10.1 Å². The predicted molar refractivity (Wildman–Crippen MR) is 135 cm³/mol. The second kappa shape index (κ2) is 12.1. The van der Waals surface area contributed by atoms with E-state index in [4.69, 9.17) is 4.74 Å². The van der Waals surface area contributed by atoms with Crippen molar-refractivity contribution in [3.63, 3.8) is 0 Å². The Balaban J connectivity index is 1.68. The topological polar surface area (TPSA) is 110 Å². The van der Waals surface area contributed by atoms with Crippen LogP contribution in [0.1, 0.15) is 21.8 Å². The highest BCUT2D eigenvalue weighted by atomic mass is 19.4. The molecule has 0 spiro atoms. The standard InChI is InChI=1S/C27H23F6N3O6/c1-41-16-8-9-17(19(28)11-16)18-12-36(20-3-2-10-35(24(20)39)13-21(37)27(31,32)33)25(40)22(18)34-23(38)14-4-6-15(7-5-14)42-26(29)30/h2-11,18,21-22,26,37H,12-13H2,1H3,(H,34,38)/t18-,21?,22-/m0/s1. The Morgan fingerprint density at radius 2 is 1.76 bits per heavy atom. The first-order valence-corrected chi connectivity index (χ1v) is 12.2. The lowest BCUT2D eigenvalue weighted by Crippen LogP contribution is -2.45. The summed E-state index contributed by atoms with van der Waals surface area (Å²) in [5.41, 5.74) is -1.48. The number of pyridine rings is 1. The van der Waals surface area contributed by atoms with E-state index in [1.165, 1.54) is 31.4 Å². The minimum Gasteiger partial charge on any atom is -0.497 e. The number of benzene rings is 2. The number of aliphatic hydroxyl groups excluding tert-OH is 1. The number of alkyl halides is 5. The molecule has 3 atom stereocenters. The number of carbonyl (C=O) groups excluding carboxylic acids is 2. The first kappa shape index (κ1) is 30.4. The number of aliphatic hydroxyl groups is 1. The maximum Gasteiger partial charge on any atom is 0.416 e. The third-order valence-electron chi connectivity index (χ3n) is 6.59. The molecule has 4 rings (SSSR count). The molecule has 0 bridgehead atoms. The summed E-state index contributed by atoms with van der Waals surface area (Å²) in [5, 5.41) is 11.9. The molecule has 2 N–H and O–H groups in total. The fourth-order valence-electron chi connectivity index (χ4n) is 4.50. The number of nitrogens with zero attached hydrogens (tertiary/aromatic N) is 2. The van der Waals surface area contributed by atoms with E-state index in [0.717, 1.165) is 41.4 Å². The van der Waals surface area contributed by atoms with Gasteiger partial charge in [0.1, 0.15) is 29.0 Å². The fraction of sp³-hybridized carbons (Fsp3) is 0.296. The van der Waals surface area contributed by atoms with Gasteiger partial charge in [0.25, 0.3) is 11.5 Å². The Kier molecular flexibility index (Phi) is 8.80. The molecular weight excluding hydrogens is 576 g/mol. The number of rotatable bonds is 9. The van der Waals surface area contributed by atoms with Crippen LogP contribution in [0, 0.1) is 5.82 Å². The fourth-order valence-corrected chi connectivity index (χ4v) is 4.50. The molecular formula is C27H23F6N3O6. The number of halogens is 6. The number of aromatic nitrogens is 1. The van der Waals surface area contributed by atoms with Gasteiger partial charge in [0.05, 0.1) is 13.7 Å². The minimum atomic E-state index is -5.00. The Morgan fingerprint density at radius 1 is 1.10 bits per heavy atom. The molecule has 1 saturated heterocycles. The Bertz CT molecular complexity index is 1510.